The first-order chi connectivity index (χ1) is 8.15. The molecule has 0 amide bonds. The lowest BCUT2D eigenvalue weighted by atomic mass is 10.2. The summed E-state index contributed by atoms with van der Waals surface area (Å²) in [7, 11) is 0. The van der Waals surface area contributed by atoms with Crippen molar-refractivity contribution in [1.82, 2.24) is 9.97 Å². The molecule has 0 unspecified atom stereocenters. The number of benzene rings is 1. The molecule has 0 radical (unpaired) electrons. The number of hydrogen-bond acceptors (Lipinski definition) is 5. The number of hydrogen-bond donors (Lipinski definition) is 2. The highest BCUT2D eigenvalue weighted by Gasteiger charge is 2.07. The van der Waals surface area contributed by atoms with Crippen LogP contribution in [-0.4, -0.2) is 23.1 Å². The maximum Gasteiger partial charge on any atom is 0.222 e. The molecule has 2 rings (SSSR count). The van der Waals surface area contributed by atoms with E-state index in [1.165, 1.54) is 0 Å². The zero-order valence-electron chi connectivity index (χ0n) is 10.6. The van der Waals surface area contributed by atoms with Gasteiger partial charge in [-0.15, -0.1) is 12.4 Å². The fourth-order valence-electron chi connectivity index (χ4n) is 1.94. The van der Waals surface area contributed by atoms with Crippen LogP contribution in [0.25, 0.3) is 10.9 Å². The molecule has 98 valence electrons. The van der Waals surface area contributed by atoms with Crippen LogP contribution in [0.5, 0.6) is 0 Å². The maximum absolute atomic E-state index is 5.86. The molecule has 0 spiro atoms. The molecule has 1 aromatic carbocycles. The molecule has 2 aromatic rings. The van der Waals surface area contributed by atoms with Gasteiger partial charge in [0.2, 0.25) is 5.95 Å². The van der Waals surface area contributed by atoms with Crippen molar-refractivity contribution < 1.29 is 0 Å². The number of anilines is 3. The second-order valence-corrected chi connectivity index (χ2v) is 3.84. The van der Waals surface area contributed by atoms with Gasteiger partial charge >= 0.3 is 0 Å². The molecular weight excluding hydrogens is 250 g/mol. The minimum atomic E-state index is 0. The number of nitrogens with two attached hydrogens (primary N) is 2. The molecule has 0 bridgehead atoms. The largest absolute Gasteiger partial charge is 0.383 e. The van der Waals surface area contributed by atoms with Crippen molar-refractivity contribution in [3.63, 3.8) is 0 Å². The van der Waals surface area contributed by atoms with Gasteiger partial charge in [0.1, 0.15) is 5.82 Å². The Hall–Kier alpha value is -1.75. The minimum absolute atomic E-state index is 0. The van der Waals surface area contributed by atoms with Gasteiger partial charge in [-0.2, -0.15) is 4.98 Å². The lowest BCUT2D eigenvalue weighted by Gasteiger charge is -2.21. The molecule has 0 saturated heterocycles. The van der Waals surface area contributed by atoms with E-state index in [2.05, 4.69) is 28.7 Å². The summed E-state index contributed by atoms with van der Waals surface area (Å²) in [6, 6.07) is 5.97. The van der Waals surface area contributed by atoms with Crippen molar-refractivity contribution in [3.05, 3.63) is 18.2 Å². The van der Waals surface area contributed by atoms with Gasteiger partial charge in [-0.05, 0) is 32.0 Å². The van der Waals surface area contributed by atoms with Crippen LogP contribution in [0, 0.1) is 0 Å². The minimum Gasteiger partial charge on any atom is -0.383 e. The molecule has 0 atom stereocenters. The third kappa shape index (κ3) is 2.56. The lowest BCUT2D eigenvalue weighted by Crippen LogP contribution is -2.21. The monoisotopic (exact) mass is 267 g/mol. The fraction of sp³-hybridized carbons (Fsp3) is 0.333. The Balaban J connectivity index is 0.00000162. The highest BCUT2D eigenvalue weighted by atomic mass is 35.5. The van der Waals surface area contributed by atoms with Crippen LogP contribution in [0.1, 0.15) is 13.8 Å². The van der Waals surface area contributed by atoms with Crippen molar-refractivity contribution in [1.29, 1.82) is 0 Å². The van der Waals surface area contributed by atoms with E-state index in [-0.39, 0.29) is 18.4 Å². The number of rotatable bonds is 3. The van der Waals surface area contributed by atoms with E-state index in [0.29, 0.717) is 5.82 Å². The molecule has 0 aliphatic rings. The summed E-state index contributed by atoms with van der Waals surface area (Å²) in [6.45, 7) is 6.16. The Morgan fingerprint density at radius 3 is 2.39 bits per heavy atom. The van der Waals surface area contributed by atoms with Crippen LogP contribution in [0.15, 0.2) is 18.2 Å². The second-order valence-electron chi connectivity index (χ2n) is 3.84. The molecule has 1 heterocycles. The molecule has 1 aromatic heterocycles. The fourth-order valence-corrected chi connectivity index (χ4v) is 1.94. The number of halogens is 1. The average Bonchev–Trinajstić information content (AvgIpc) is 2.31. The van der Waals surface area contributed by atoms with Gasteiger partial charge in [0.05, 0.1) is 5.52 Å². The van der Waals surface area contributed by atoms with Gasteiger partial charge in [0.25, 0.3) is 0 Å². The van der Waals surface area contributed by atoms with Gasteiger partial charge in [-0.1, -0.05) is 0 Å². The molecule has 0 aliphatic heterocycles. The summed E-state index contributed by atoms with van der Waals surface area (Å²) in [6.07, 6.45) is 0. The topological polar surface area (TPSA) is 81.1 Å². The van der Waals surface area contributed by atoms with E-state index >= 15 is 0 Å². The highest BCUT2D eigenvalue weighted by molar-refractivity contribution is 5.91. The Morgan fingerprint density at radius 1 is 1.11 bits per heavy atom. The molecule has 0 aliphatic carbocycles. The van der Waals surface area contributed by atoms with Crippen molar-refractivity contribution >= 4 is 40.8 Å². The van der Waals surface area contributed by atoms with Gasteiger partial charge in [0, 0.05) is 24.2 Å². The summed E-state index contributed by atoms with van der Waals surface area (Å²) in [5, 5.41) is 0.851. The standard InChI is InChI=1S/C12H17N5.ClH/c1-3-17(4-2)8-5-6-10-9(7-8)11(13)16-12(14)15-10;/h5-7H,3-4H2,1-2H3,(H4,13,14,15,16);1H. The molecular formula is C12H18ClN5. The first-order valence-corrected chi connectivity index (χ1v) is 5.73. The Bertz CT molecular complexity index is 539. The van der Waals surface area contributed by atoms with Crippen molar-refractivity contribution in [2.75, 3.05) is 29.5 Å². The normalized spacial score (nSPS) is 10.1. The SMILES string of the molecule is CCN(CC)c1ccc2nc(N)nc(N)c2c1.Cl. The first-order valence-electron chi connectivity index (χ1n) is 5.73. The van der Waals surface area contributed by atoms with Crippen LogP contribution in [-0.2, 0) is 0 Å². The summed E-state index contributed by atoms with van der Waals surface area (Å²) < 4.78 is 0. The summed E-state index contributed by atoms with van der Waals surface area (Å²) in [5.41, 5.74) is 13.3. The van der Waals surface area contributed by atoms with Gasteiger partial charge in [-0.25, -0.2) is 4.98 Å². The average molecular weight is 268 g/mol. The predicted octanol–water partition coefficient (Wildman–Crippen LogP) is 2.06. The first kappa shape index (κ1) is 14.3. The summed E-state index contributed by atoms with van der Waals surface area (Å²) in [5.74, 6) is 0.645. The van der Waals surface area contributed by atoms with E-state index in [1.807, 2.05) is 18.2 Å². The van der Waals surface area contributed by atoms with Crippen LogP contribution in [0.4, 0.5) is 17.5 Å². The molecule has 6 heteroatoms. The summed E-state index contributed by atoms with van der Waals surface area (Å²) >= 11 is 0. The van der Waals surface area contributed by atoms with Crippen molar-refractivity contribution in [2.45, 2.75) is 13.8 Å². The van der Waals surface area contributed by atoms with E-state index in [9.17, 15) is 0 Å². The Labute approximate surface area is 113 Å². The molecule has 0 fully saturated rings. The van der Waals surface area contributed by atoms with Gasteiger partial charge in [-0.3, -0.25) is 0 Å². The molecule has 0 saturated carbocycles. The van der Waals surface area contributed by atoms with Gasteiger partial charge < -0.3 is 16.4 Å². The quantitative estimate of drug-likeness (QED) is 0.890. The highest BCUT2D eigenvalue weighted by Crippen LogP contribution is 2.24. The number of aromatic nitrogens is 2. The van der Waals surface area contributed by atoms with Gasteiger partial charge in [0.15, 0.2) is 0 Å². The predicted molar refractivity (Wildman–Crippen MR) is 79.2 cm³/mol. The van der Waals surface area contributed by atoms with Crippen molar-refractivity contribution in [2.24, 2.45) is 0 Å². The van der Waals surface area contributed by atoms with E-state index in [0.717, 1.165) is 29.7 Å². The van der Waals surface area contributed by atoms with Crippen LogP contribution in [0.2, 0.25) is 0 Å². The van der Waals surface area contributed by atoms with Crippen LogP contribution >= 0.6 is 12.4 Å². The second kappa shape index (κ2) is 5.73. The molecule has 5 nitrogen and oxygen atoms in total. The molecule has 18 heavy (non-hydrogen) atoms. The maximum atomic E-state index is 5.86. The third-order valence-corrected chi connectivity index (χ3v) is 2.85. The van der Waals surface area contributed by atoms with Crippen molar-refractivity contribution in [3.8, 4) is 0 Å². The zero-order chi connectivity index (χ0) is 12.4. The lowest BCUT2D eigenvalue weighted by molar-refractivity contribution is 0.867. The molecule has 4 N–H and O–H groups in total. The number of fused-ring (bicyclic) bond motifs is 1. The number of nitrogen functional groups attached to an aromatic ring is 2. The summed E-state index contributed by atoms with van der Waals surface area (Å²) in [4.78, 5) is 10.4. The van der Waals surface area contributed by atoms with E-state index in [1.54, 1.807) is 0 Å². The zero-order valence-corrected chi connectivity index (χ0v) is 11.4. The smallest absolute Gasteiger partial charge is 0.222 e. The van der Waals surface area contributed by atoms with Crippen LogP contribution < -0.4 is 16.4 Å². The Kier molecular flexibility index (Phi) is 4.55. The van der Waals surface area contributed by atoms with E-state index < -0.39 is 0 Å². The van der Waals surface area contributed by atoms with Crippen LogP contribution in [0.3, 0.4) is 0 Å². The number of nitrogens with zero attached hydrogens (tertiary/aromatic N) is 3. The third-order valence-electron chi connectivity index (χ3n) is 2.85. The van der Waals surface area contributed by atoms with E-state index in [4.69, 9.17) is 11.5 Å². The Morgan fingerprint density at radius 2 is 1.78 bits per heavy atom.